The fourth-order valence-electron chi connectivity index (χ4n) is 2.00. The summed E-state index contributed by atoms with van der Waals surface area (Å²) >= 11 is 12.1. The lowest BCUT2D eigenvalue weighted by molar-refractivity contribution is 0.0531. The van der Waals surface area contributed by atoms with Gasteiger partial charge in [-0.05, 0) is 30.5 Å². The molecule has 0 aliphatic carbocycles. The molecule has 2 unspecified atom stereocenters. The number of rotatable bonds is 2. The SMILES string of the molecule is Fc1cc(Cl)c(C(Cl)C2CCCOC2)cc1F. The van der Waals surface area contributed by atoms with Gasteiger partial charge in [0.25, 0.3) is 0 Å². The smallest absolute Gasteiger partial charge is 0.160 e. The zero-order valence-corrected chi connectivity index (χ0v) is 10.6. The Labute approximate surface area is 109 Å². The summed E-state index contributed by atoms with van der Waals surface area (Å²) in [6, 6.07) is 2.04. The van der Waals surface area contributed by atoms with Crippen molar-refractivity contribution in [2.45, 2.75) is 18.2 Å². The Balaban J connectivity index is 2.23. The molecule has 0 spiro atoms. The number of hydrogen-bond donors (Lipinski definition) is 0. The summed E-state index contributed by atoms with van der Waals surface area (Å²) < 4.78 is 31.4. The minimum atomic E-state index is -0.956. The summed E-state index contributed by atoms with van der Waals surface area (Å²) in [5.41, 5.74) is 0.433. The molecule has 2 rings (SSSR count). The molecule has 0 bridgehead atoms. The molecule has 0 aromatic heterocycles. The number of hydrogen-bond acceptors (Lipinski definition) is 1. The van der Waals surface area contributed by atoms with E-state index >= 15 is 0 Å². The highest BCUT2D eigenvalue weighted by Gasteiger charge is 2.26. The van der Waals surface area contributed by atoms with Crippen molar-refractivity contribution in [1.82, 2.24) is 0 Å². The van der Waals surface area contributed by atoms with Crippen LogP contribution in [0.5, 0.6) is 0 Å². The van der Waals surface area contributed by atoms with Gasteiger partial charge in [0.1, 0.15) is 0 Å². The van der Waals surface area contributed by atoms with Crippen LogP contribution in [0.3, 0.4) is 0 Å². The molecule has 0 amide bonds. The van der Waals surface area contributed by atoms with Gasteiger partial charge in [0.2, 0.25) is 0 Å². The molecule has 1 fully saturated rings. The van der Waals surface area contributed by atoms with Gasteiger partial charge in [-0.15, -0.1) is 11.6 Å². The van der Waals surface area contributed by atoms with Crippen LogP contribution in [0.4, 0.5) is 8.78 Å². The molecule has 1 aromatic rings. The van der Waals surface area contributed by atoms with Gasteiger partial charge in [-0.1, -0.05) is 11.6 Å². The number of halogens is 4. The lowest BCUT2D eigenvalue weighted by Crippen LogP contribution is -2.21. The van der Waals surface area contributed by atoms with E-state index in [0.717, 1.165) is 31.6 Å². The van der Waals surface area contributed by atoms with Crippen LogP contribution in [0.25, 0.3) is 0 Å². The third kappa shape index (κ3) is 2.90. The second kappa shape index (κ2) is 5.51. The molecular weight excluding hydrogens is 269 g/mol. The summed E-state index contributed by atoms with van der Waals surface area (Å²) in [6.45, 7) is 1.26. The lowest BCUT2D eigenvalue weighted by Gasteiger charge is -2.27. The van der Waals surface area contributed by atoms with E-state index in [1.807, 2.05) is 0 Å². The van der Waals surface area contributed by atoms with E-state index in [4.69, 9.17) is 27.9 Å². The van der Waals surface area contributed by atoms with Crippen molar-refractivity contribution in [2.75, 3.05) is 13.2 Å². The molecule has 1 aliphatic heterocycles. The van der Waals surface area contributed by atoms with Crippen LogP contribution in [0, 0.1) is 17.6 Å². The van der Waals surface area contributed by atoms with Crippen LogP contribution in [0.1, 0.15) is 23.8 Å². The minimum Gasteiger partial charge on any atom is -0.381 e. The summed E-state index contributed by atoms with van der Waals surface area (Å²) in [5.74, 6) is -1.79. The van der Waals surface area contributed by atoms with Gasteiger partial charge in [0, 0.05) is 17.5 Å². The van der Waals surface area contributed by atoms with Crippen molar-refractivity contribution in [2.24, 2.45) is 5.92 Å². The lowest BCUT2D eigenvalue weighted by atomic mass is 9.93. The Morgan fingerprint density at radius 2 is 2.00 bits per heavy atom. The van der Waals surface area contributed by atoms with Crippen LogP contribution in [0.2, 0.25) is 5.02 Å². The van der Waals surface area contributed by atoms with Crippen molar-refractivity contribution in [1.29, 1.82) is 0 Å². The van der Waals surface area contributed by atoms with Crippen molar-refractivity contribution in [3.8, 4) is 0 Å². The van der Waals surface area contributed by atoms with Gasteiger partial charge < -0.3 is 4.74 Å². The first kappa shape index (κ1) is 13.1. The molecule has 5 heteroatoms. The van der Waals surface area contributed by atoms with E-state index in [2.05, 4.69) is 0 Å². The molecule has 0 saturated carbocycles. The van der Waals surface area contributed by atoms with E-state index in [-0.39, 0.29) is 10.9 Å². The van der Waals surface area contributed by atoms with E-state index < -0.39 is 17.0 Å². The average molecular weight is 281 g/mol. The Morgan fingerprint density at radius 1 is 1.29 bits per heavy atom. The van der Waals surface area contributed by atoms with Crippen molar-refractivity contribution in [3.63, 3.8) is 0 Å². The average Bonchev–Trinajstić information content (AvgIpc) is 2.34. The highest BCUT2D eigenvalue weighted by Crippen LogP contribution is 2.38. The van der Waals surface area contributed by atoms with Crippen LogP contribution in [-0.2, 0) is 4.74 Å². The quantitative estimate of drug-likeness (QED) is 0.579. The highest BCUT2D eigenvalue weighted by atomic mass is 35.5. The number of benzene rings is 1. The zero-order chi connectivity index (χ0) is 12.4. The van der Waals surface area contributed by atoms with Crippen LogP contribution in [-0.4, -0.2) is 13.2 Å². The monoisotopic (exact) mass is 280 g/mol. The van der Waals surface area contributed by atoms with E-state index in [9.17, 15) is 8.78 Å². The molecule has 1 aromatic carbocycles. The maximum atomic E-state index is 13.2. The van der Waals surface area contributed by atoms with Crippen LogP contribution in [0.15, 0.2) is 12.1 Å². The van der Waals surface area contributed by atoms with Crippen molar-refractivity contribution >= 4 is 23.2 Å². The van der Waals surface area contributed by atoms with Gasteiger partial charge in [-0.2, -0.15) is 0 Å². The Morgan fingerprint density at radius 3 is 2.65 bits per heavy atom. The topological polar surface area (TPSA) is 9.23 Å². The van der Waals surface area contributed by atoms with Gasteiger partial charge in [-0.3, -0.25) is 0 Å². The molecular formula is C12H12Cl2F2O. The third-order valence-electron chi connectivity index (χ3n) is 2.95. The number of alkyl halides is 1. The molecule has 0 radical (unpaired) electrons. The third-order valence-corrected chi connectivity index (χ3v) is 3.86. The highest BCUT2D eigenvalue weighted by molar-refractivity contribution is 6.32. The first-order valence-electron chi connectivity index (χ1n) is 5.46. The molecule has 2 atom stereocenters. The normalized spacial score (nSPS) is 22.5. The Kier molecular flexibility index (Phi) is 4.23. The minimum absolute atomic E-state index is 0.0905. The second-order valence-corrected chi connectivity index (χ2v) is 5.04. The van der Waals surface area contributed by atoms with Gasteiger partial charge in [-0.25, -0.2) is 8.78 Å². The zero-order valence-electron chi connectivity index (χ0n) is 9.06. The predicted octanol–water partition coefficient (Wildman–Crippen LogP) is 4.32. The van der Waals surface area contributed by atoms with Crippen molar-refractivity contribution in [3.05, 3.63) is 34.4 Å². The summed E-state index contributed by atoms with van der Waals surface area (Å²) in [6.07, 6.45) is 1.83. The largest absolute Gasteiger partial charge is 0.381 e. The van der Waals surface area contributed by atoms with E-state index in [1.54, 1.807) is 0 Å². The maximum absolute atomic E-state index is 13.2. The van der Waals surface area contributed by atoms with E-state index in [1.165, 1.54) is 0 Å². The Hall–Kier alpha value is -0.380. The van der Waals surface area contributed by atoms with Crippen LogP contribution >= 0.6 is 23.2 Å². The van der Waals surface area contributed by atoms with Gasteiger partial charge in [0.15, 0.2) is 11.6 Å². The van der Waals surface area contributed by atoms with Crippen LogP contribution < -0.4 is 0 Å². The second-order valence-electron chi connectivity index (χ2n) is 4.17. The fraction of sp³-hybridized carbons (Fsp3) is 0.500. The molecule has 1 saturated heterocycles. The molecule has 1 aliphatic rings. The molecule has 17 heavy (non-hydrogen) atoms. The molecule has 1 heterocycles. The predicted molar refractivity (Wildman–Crippen MR) is 63.5 cm³/mol. The molecule has 94 valence electrons. The summed E-state index contributed by atoms with van der Waals surface area (Å²) in [7, 11) is 0. The molecule has 0 N–H and O–H groups in total. The maximum Gasteiger partial charge on any atom is 0.160 e. The number of ether oxygens (including phenoxy) is 1. The summed E-state index contributed by atoms with van der Waals surface area (Å²) in [5, 5.41) is -0.285. The summed E-state index contributed by atoms with van der Waals surface area (Å²) in [4.78, 5) is 0. The van der Waals surface area contributed by atoms with Crippen molar-refractivity contribution < 1.29 is 13.5 Å². The molecule has 1 nitrogen and oxygen atoms in total. The van der Waals surface area contributed by atoms with Gasteiger partial charge in [0.05, 0.1) is 12.0 Å². The first-order chi connectivity index (χ1) is 8.09. The first-order valence-corrected chi connectivity index (χ1v) is 6.27. The van der Waals surface area contributed by atoms with E-state index in [0.29, 0.717) is 12.2 Å². The fourth-order valence-corrected chi connectivity index (χ4v) is 2.70. The van der Waals surface area contributed by atoms with Gasteiger partial charge >= 0.3 is 0 Å². The Bertz CT molecular complexity index is 406. The standard InChI is InChI=1S/C12H12Cl2F2O/c13-9-5-11(16)10(15)4-8(9)12(14)7-2-1-3-17-6-7/h4-5,7,12H,1-3,6H2.